The summed E-state index contributed by atoms with van der Waals surface area (Å²) in [6, 6.07) is 14.6. The molecule has 1 aliphatic rings. The zero-order valence-corrected chi connectivity index (χ0v) is 15.8. The molecule has 0 atom stereocenters. The topological polar surface area (TPSA) is 75.5 Å². The third-order valence-electron chi connectivity index (χ3n) is 4.89. The second kappa shape index (κ2) is 9.80. The van der Waals surface area contributed by atoms with Crippen LogP contribution in [0.5, 0.6) is 0 Å². The Morgan fingerprint density at radius 3 is 2.43 bits per heavy atom. The molecule has 2 aromatic rings. The van der Waals surface area contributed by atoms with E-state index in [1.165, 1.54) is 56.1 Å². The van der Waals surface area contributed by atoms with E-state index in [2.05, 4.69) is 22.3 Å². The lowest BCUT2D eigenvalue weighted by Crippen LogP contribution is -2.29. The highest BCUT2D eigenvalue weighted by atomic mass is 16.6. The molecule has 6 heteroatoms. The fourth-order valence-corrected chi connectivity index (χ4v) is 3.35. The molecule has 2 aromatic carbocycles. The number of piperidine rings is 1. The standard InChI is InChI=1S/C22H25N3O3/c26-22(13-12-20-6-2-3-7-21(20)25(27)28)23-16-18-8-10-19(11-9-18)17-24-14-4-1-5-15-24/h2-3,6-13H,1,4-5,14-17H2,(H,23,26)/b13-12+. The summed E-state index contributed by atoms with van der Waals surface area (Å²) >= 11 is 0. The first kappa shape index (κ1) is 19.8. The molecule has 6 nitrogen and oxygen atoms in total. The van der Waals surface area contributed by atoms with Crippen LogP contribution >= 0.6 is 0 Å². The Morgan fingerprint density at radius 2 is 1.71 bits per heavy atom. The Balaban J connectivity index is 1.50. The van der Waals surface area contributed by atoms with Gasteiger partial charge in [-0.2, -0.15) is 0 Å². The molecule has 1 fully saturated rings. The molecular formula is C22H25N3O3. The van der Waals surface area contributed by atoms with Gasteiger partial charge in [0.25, 0.3) is 5.69 Å². The minimum atomic E-state index is -0.455. The second-order valence-electron chi connectivity index (χ2n) is 7.02. The average molecular weight is 379 g/mol. The van der Waals surface area contributed by atoms with E-state index in [-0.39, 0.29) is 11.6 Å². The Hall–Kier alpha value is -2.99. The average Bonchev–Trinajstić information content (AvgIpc) is 2.72. The number of nitrogens with one attached hydrogen (secondary N) is 1. The van der Waals surface area contributed by atoms with E-state index in [1.807, 2.05) is 12.1 Å². The van der Waals surface area contributed by atoms with Crippen LogP contribution in [-0.4, -0.2) is 28.8 Å². The SMILES string of the molecule is O=C(/C=C/c1ccccc1[N+](=O)[O-])NCc1ccc(CN2CCCCC2)cc1. The van der Waals surface area contributed by atoms with Gasteiger partial charge < -0.3 is 5.32 Å². The second-order valence-corrected chi connectivity index (χ2v) is 7.02. The van der Waals surface area contributed by atoms with Gasteiger partial charge >= 0.3 is 0 Å². The van der Waals surface area contributed by atoms with Gasteiger partial charge in [0, 0.05) is 25.2 Å². The largest absolute Gasteiger partial charge is 0.348 e. The summed E-state index contributed by atoms with van der Waals surface area (Å²) in [5.74, 6) is -0.282. The summed E-state index contributed by atoms with van der Waals surface area (Å²) < 4.78 is 0. The molecule has 0 radical (unpaired) electrons. The monoisotopic (exact) mass is 379 g/mol. The lowest BCUT2D eigenvalue weighted by Gasteiger charge is -2.26. The molecule has 0 aromatic heterocycles. The van der Waals surface area contributed by atoms with Crippen molar-refractivity contribution in [3.05, 3.63) is 81.4 Å². The molecule has 1 N–H and O–H groups in total. The van der Waals surface area contributed by atoms with Crippen molar-refractivity contribution >= 4 is 17.7 Å². The molecule has 0 unspecified atom stereocenters. The number of para-hydroxylation sites is 1. The number of carbonyl (C=O) groups excluding carboxylic acids is 1. The predicted octanol–water partition coefficient (Wildman–Crippen LogP) is 3.91. The van der Waals surface area contributed by atoms with Gasteiger partial charge in [0.05, 0.1) is 10.5 Å². The van der Waals surface area contributed by atoms with E-state index < -0.39 is 4.92 Å². The molecule has 1 amide bonds. The highest BCUT2D eigenvalue weighted by Gasteiger charge is 2.11. The van der Waals surface area contributed by atoms with Crippen LogP contribution in [0.25, 0.3) is 6.08 Å². The molecule has 146 valence electrons. The smallest absolute Gasteiger partial charge is 0.276 e. The molecule has 3 rings (SSSR count). The number of amides is 1. The van der Waals surface area contributed by atoms with Crippen molar-refractivity contribution in [2.24, 2.45) is 0 Å². The highest BCUT2D eigenvalue weighted by Crippen LogP contribution is 2.19. The number of benzene rings is 2. The zero-order valence-electron chi connectivity index (χ0n) is 15.8. The maximum atomic E-state index is 12.0. The molecule has 28 heavy (non-hydrogen) atoms. The third kappa shape index (κ3) is 5.76. The van der Waals surface area contributed by atoms with E-state index in [1.54, 1.807) is 18.2 Å². The molecular weight excluding hydrogens is 354 g/mol. The van der Waals surface area contributed by atoms with E-state index in [0.29, 0.717) is 12.1 Å². The summed E-state index contributed by atoms with van der Waals surface area (Å²) in [4.78, 5) is 25.0. The lowest BCUT2D eigenvalue weighted by molar-refractivity contribution is -0.385. The van der Waals surface area contributed by atoms with Gasteiger partial charge in [0.2, 0.25) is 5.91 Å². The number of rotatable bonds is 7. The first-order valence-electron chi connectivity index (χ1n) is 9.61. The van der Waals surface area contributed by atoms with Gasteiger partial charge in [-0.25, -0.2) is 0 Å². The van der Waals surface area contributed by atoms with Crippen LogP contribution in [0, 0.1) is 10.1 Å². The fraction of sp³-hybridized carbons (Fsp3) is 0.318. The van der Waals surface area contributed by atoms with E-state index in [4.69, 9.17) is 0 Å². The normalized spacial score (nSPS) is 14.9. The first-order chi connectivity index (χ1) is 13.6. The van der Waals surface area contributed by atoms with Crippen LogP contribution in [0.3, 0.4) is 0 Å². The molecule has 0 bridgehead atoms. The number of hydrogen-bond acceptors (Lipinski definition) is 4. The van der Waals surface area contributed by atoms with Gasteiger partial charge in [-0.05, 0) is 49.2 Å². The van der Waals surface area contributed by atoms with Crippen LogP contribution in [0.4, 0.5) is 5.69 Å². The number of nitro benzene ring substituents is 1. The number of likely N-dealkylation sites (tertiary alicyclic amines) is 1. The van der Waals surface area contributed by atoms with E-state index in [9.17, 15) is 14.9 Å². The molecule has 1 aliphatic heterocycles. The maximum absolute atomic E-state index is 12.0. The summed E-state index contributed by atoms with van der Waals surface area (Å²) in [6.45, 7) is 3.74. The van der Waals surface area contributed by atoms with Crippen molar-refractivity contribution in [2.45, 2.75) is 32.4 Å². The van der Waals surface area contributed by atoms with Crippen molar-refractivity contribution in [1.82, 2.24) is 10.2 Å². The molecule has 0 aliphatic carbocycles. The van der Waals surface area contributed by atoms with Crippen LogP contribution in [0.15, 0.2) is 54.6 Å². The zero-order chi connectivity index (χ0) is 19.8. The number of nitrogens with zero attached hydrogens (tertiary/aromatic N) is 2. The van der Waals surface area contributed by atoms with E-state index in [0.717, 1.165) is 12.1 Å². The van der Waals surface area contributed by atoms with Crippen molar-refractivity contribution < 1.29 is 9.72 Å². The minimum Gasteiger partial charge on any atom is -0.348 e. The van der Waals surface area contributed by atoms with Crippen molar-refractivity contribution in [3.63, 3.8) is 0 Å². The van der Waals surface area contributed by atoms with Crippen LogP contribution in [0.2, 0.25) is 0 Å². The van der Waals surface area contributed by atoms with Gasteiger partial charge in [-0.1, -0.05) is 42.8 Å². The number of hydrogen-bond donors (Lipinski definition) is 1. The van der Waals surface area contributed by atoms with Crippen LogP contribution < -0.4 is 5.32 Å². The number of nitro groups is 1. The summed E-state index contributed by atoms with van der Waals surface area (Å²) in [6.07, 6.45) is 6.69. The Bertz CT molecular complexity index is 840. The molecule has 1 saturated heterocycles. The predicted molar refractivity (Wildman–Crippen MR) is 110 cm³/mol. The lowest BCUT2D eigenvalue weighted by atomic mass is 10.1. The Labute approximate surface area is 165 Å². The summed E-state index contributed by atoms with van der Waals surface area (Å²) in [7, 11) is 0. The summed E-state index contributed by atoms with van der Waals surface area (Å²) in [5, 5.41) is 13.8. The fourth-order valence-electron chi connectivity index (χ4n) is 3.35. The van der Waals surface area contributed by atoms with Gasteiger partial charge in [-0.15, -0.1) is 0 Å². The first-order valence-corrected chi connectivity index (χ1v) is 9.61. The molecule has 0 spiro atoms. The van der Waals surface area contributed by atoms with Crippen molar-refractivity contribution in [1.29, 1.82) is 0 Å². The van der Waals surface area contributed by atoms with Crippen LogP contribution in [0.1, 0.15) is 36.0 Å². The maximum Gasteiger partial charge on any atom is 0.276 e. The van der Waals surface area contributed by atoms with Gasteiger partial charge in [0.15, 0.2) is 0 Å². The molecule has 0 saturated carbocycles. The van der Waals surface area contributed by atoms with Crippen LogP contribution in [-0.2, 0) is 17.9 Å². The third-order valence-corrected chi connectivity index (χ3v) is 4.89. The Kier molecular flexibility index (Phi) is 6.92. The number of carbonyl (C=O) groups is 1. The van der Waals surface area contributed by atoms with Gasteiger partial charge in [-0.3, -0.25) is 19.8 Å². The minimum absolute atomic E-state index is 0.0177. The highest BCUT2D eigenvalue weighted by molar-refractivity contribution is 5.92. The van der Waals surface area contributed by atoms with Gasteiger partial charge in [0.1, 0.15) is 0 Å². The van der Waals surface area contributed by atoms with Crippen molar-refractivity contribution in [2.75, 3.05) is 13.1 Å². The quantitative estimate of drug-likeness (QED) is 0.450. The van der Waals surface area contributed by atoms with E-state index >= 15 is 0 Å². The molecule has 1 heterocycles. The summed E-state index contributed by atoms with van der Waals surface area (Å²) in [5.41, 5.74) is 2.70. The Morgan fingerprint density at radius 1 is 1.04 bits per heavy atom. The van der Waals surface area contributed by atoms with Crippen molar-refractivity contribution in [3.8, 4) is 0 Å².